The molecule has 0 saturated carbocycles. The van der Waals surface area contributed by atoms with E-state index in [9.17, 15) is 14.0 Å². The summed E-state index contributed by atoms with van der Waals surface area (Å²) in [6.45, 7) is 3.27. The maximum absolute atomic E-state index is 13.6. The summed E-state index contributed by atoms with van der Waals surface area (Å²) in [5, 5.41) is 13.5. The number of nitriles is 1. The van der Waals surface area contributed by atoms with Gasteiger partial charge in [-0.1, -0.05) is 13.8 Å². The van der Waals surface area contributed by atoms with Crippen molar-refractivity contribution < 1.29 is 18.7 Å². The molecular formula is C17H16FN3O3S. The number of nitrogens with one attached hydrogen (secondary N) is 1. The zero-order chi connectivity index (χ0) is 18.4. The highest BCUT2D eigenvalue weighted by Crippen LogP contribution is 2.17. The van der Waals surface area contributed by atoms with E-state index in [-0.39, 0.29) is 36.0 Å². The molecule has 25 heavy (non-hydrogen) atoms. The van der Waals surface area contributed by atoms with E-state index < -0.39 is 11.8 Å². The zero-order valence-electron chi connectivity index (χ0n) is 13.7. The van der Waals surface area contributed by atoms with Crippen molar-refractivity contribution in [3.8, 4) is 6.07 Å². The van der Waals surface area contributed by atoms with Gasteiger partial charge in [0.25, 0.3) is 0 Å². The van der Waals surface area contributed by atoms with Gasteiger partial charge in [0.05, 0.1) is 23.7 Å². The minimum atomic E-state index is -0.575. The number of rotatable bonds is 6. The summed E-state index contributed by atoms with van der Waals surface area (Å²) in [4.78, 5) is 27.6. The van der Waals surface area contributed by atoms with Crippen LogP contribution in [0.4, 0.5) is 9.52 Å². The summed E-state index contributed by atoms with van der Waals surface area (Å²) in [6, 6.07) is 5.74. The Kier molecular flexibility index (Phi) is 6.19. The van der Waals surface area contributed by atoms with Crippen molar-refractivity contribution in [1.29, 1.82) is 5.26 Å². The lowest BCUT2D eigenvalue weighted by atomic mass is 10.1. The number of carbonyl (C=O) groups excluding carboxylic acids is 2. The van der Waals surface area contributed by atoms with Crippen molar-refractivity contribution in [3.63, 3.8) is 0 Å². The monoisotopic (exact) mass is 361 g/mol. The molecule has 0 radical (unpaired) electrons. The number of amides is 1. The second-order valence-electron chi connectivity index (χ2n) is 5.54. The first-order valence-corrected chi connectivity index (χ1v) is 8.36. The number of anilines is 1. The van der Waals surface area contributed by atoms with Crippen molar-refractivity contribution in [1.82, 2.24) is 4.98 Å². The Balaban J connectivity index is 1.90. The summed E-state index contributed by atoms with van der Waals surface area (Å²) >= 11 is 1.21. The Morgan fingerprint density at radius 2 is 2.20 bits per heavy atom. The van der Waals surface area contributed by atoms with Crippen LogP contribution < -0.4 is 5.32 Å². The summed E-state index contributed by atoms with van der Waals surface area (Å²) in [7, 11) is 0. The second-order valence-corrected chi connectivity index (χ2v) is 6.40. The topological polar surface area (TPSA) is 92.1 Å². The fraction of sp³-hybridized carbons (Fsp3) is 0.294. The quantitative estimate of drug-likeness (QED) is 0.799. The average Bonchev–Trinajstić information content (AvgIpc) is 3.00. The first kappa shape index (κ1) is 18.5. The molecular weight excluding hydrogens is 345 g/mol. The molecule has 2 aromatic rings. The lowest BCUT2D eigenvalue weighted by molar-refractivity contribution is -0.144. The molecule has 1 aromatic carbocycles. The van der Waals surface area contributed by atoms with Crippen molar-refractivity contribution in [2.45, 2.75) is 26.9 Å². The first-order chi connectivity index (χ1) is 11.9. The number of hydrogen-bond acceptors (Lipinski definition) is 6. The van der Waals surface area contributed by atoms with E-state index in [1.807, 2.05) is 6.07 Å². The van der Waals surface area contributed by atoms with Gasteiger partial charge in [-0.25, -0.2) is 9.37 Å². The highest BCUT2D eigenvalue weighted by molar-refractivity contribution is 7.13. The summed E-state index contributed by atoms with van der Waals surface area (Å²) in [6.07, 6.45) is -0.0897. The smallest absolute Gasteiger partial charge is 0.312 e. The molecule has 130 valence electrons. The molecule has 2 rings (SSSR count). The molecule has 1 N–H and O–H groups in total. The number of thiazole rings is 1. The lowest BCUT2D eigenvalue weighted by Crippen LogP contribution is -2.17. The number of benzene rings is 1. The van der Waals surface area contributed by atoms with E-state index in [1.54, 1.807) is 19.2 Å². The number of aromatic nitrogens is 1. The minimum Gasteiger partial charge on any atom is -0.460 e. The number of carbonyl (C=O) groups is 2. The van der Waals surface area contributed by atoms with Crippen LogP contribution in [0, 0.1) is 23.1 Å². The molecule has 0 bridgehead atoms. The van der Waals surface area contributed by atoms with E-state index >= 15 is 0 Å². The van der Waals surface area contributed by atoms with Crippen LogP contribution in [0.3, 0.4) is 0 Å². The molecule has 0 fully saturated rings. The fourth-order valence-electron chi connectivity index (χ4n) is 1.81. The van der Waals surface area contributed by atoms with Gasteiger partial charge in [0.1, 0.15) is 12.4 Å². The maximum Gasteiger partial charge on any atom is 0.312 e. The zero-order valence-corrected chi connectivity index (χ0v) is 14.5. The van der Waals surface area contributed by atoms with Gasteiger partial charge in [0, 0.05) is 16.9 Å². The van der Waals surface area contributed by atoms with Gasteiger partial charge < -0.3 is 10.1 Å². The molecule has 0 aliphatic carbocycles. The van der Waals surface area contributed by atoms with Crippen LogP contribution in [-0.4, -0.2) is 16.9 Å². The number of ether oxygens (including phenoxy) is 1. The number of hydrogen-bond donors (Lipinski definition) is 1. The molecule has 8 heteroatoms. The van der Waals surface area contributed by atoms with Crippen LogP contribution in [0.25, 0.3) is 0 Å². The summed E-state index contributed by atoms with van der Waals surface area (Å²) in [5.74, 6) is -1.44. The molecule has 0 aliphatic heterocycles. The van der Waals surface area contributed by atoms with Crippen LogP contribution in [0.15, 0.2) is 23.6 Å². The molecule has 0 aliphatic rings. The van der Waals surface area contributed by atoms with Crippen LogP contribution in [-0.2, 0) is 27.4 Å². The van der Waals surface area contributed by atoms with Crippen molar-refractivity contribution >= 4 is 28.3 Å². The highest BCUT2D eigenvalue weighted by Gasteiger charge is 2.13. The standard InChI is InChI=1S/C17H16FN3O3S/c1-10(2)16(23)21-17-20-13(9-25-17)6-15(22)24-8-12-5-11(7-19)3-4-14(12)18/h3-5,9-10H,6,8H2,1-2H3,(H,20,21,23). The van der Waals surface area contributed by atoms with Crippen molar-refractivity contribution in [2.24, 2.45) is 5.92 Å². The van der Waals surface area contributed by atoms with Gasteiger partial charge in [-0.2, -0.15) is 5.26 Å². The second kappa shape index (κ2) is 8.35. The van der Waals surface area contributed by atoms with E-state index in [2.05, 4.69) is 10.3 Å². The predicted molar refractivity (Wildman–Crippen MR) is 90.2 cm³/mol. The summed E-state index contributed by atoms with van der Waals surface area (Å²) < 4.78 is 18.7. The van der Waals surface area contributed by atoms with Crippen molar-refractivity contribution in [3.05, 3.63) is 46.2 Å². The third kappa shape index (κ3) is 5.36. The van der Waals surface area contributed by atoms with Crippen LogP contribution in [0.5, 0.6) is 0 Å². The Hall–Kier alpha value is -2.79. The first-order valence-electron chi connectivity index (χ1n) is 7.48. The predicted octanol–water partition coefficient (Wildman–Crippen LogP) is 3.03. The van der Waals surface area contributed by atoms with Gasteiger partial charge in [0.2, 0.25) is 5.91 Å². The van der Waals surface area contributed by atoms with E-state index in [0.29, 0.717) is 10.8 Å². The van der Waals surface area contributed by atoms with Crippen LogP contribution in [0.2, 0.25) is 0 Å². The number of halogens is 1. The average molecular weight is 361 g/mol. The Morgan fingerprint density at radius 1 is 1.44 bits per heavy atom. The molecule has 6 nitrogen and oxygen atoms in total. The highest BCUT2D eigenvalue weighted by atomic mass is 32.1. The Labute approximate surface area is 148 Å². The third-order valence-corrected chi connectivity index (χ3v) is 4.00. The molecule has 1 amide bonds. The van der Waals surface area contributed by atoms with Gasteiger partial charge in [-0.05, 0) is 18.2 Å². The van der Waals surface area contributed by atoms with Gasteiger partial charge in [-0.3, -0.25) is 9.59 Å². The van der Waals surface area contributed by atoms with Gasteiger partial charge in [0.15, 0.2) is 5.13 Å². The van der Waals surface area contributed by atoms with E-state index in [0.717, 1.165) is 6.07 Å². The minimum absolute atomic E-state index is 0.0897. The van der Waals surface area contributed by atoms with Gasteiger partial charge in [-0.15, -0.1) is 11.3 Å². The van der Waals surface area contributed by atoms with Gasteiger partial charge >= 0.3 is 5.97 Å². The Morgan fingerprint density at radius 3 is 2.88 bits per heavy atom. The molecule has 0 unspecified atom stereocenters. The van der Waals surface area contributed by atoms with Crippen molar-refractivity contribution in [2.75, 3.05) is 5.32 Å². The molecule has 0 atom stereocenters. The lowest BCUT2D eigenvalue weighted by Gasteiger charge is -2.06. The van der Waals surface area contributed by atoms with E-state index in [4.69, 9.17) is 10.00 Å². The van der Waals surface area contributed by atoms with Crippen LogP contribution >= 0.6 is 11.3 Å². The largest absolute Gasteiger partial charge is 0.460 e. The molecule has 1 aromatic heterocycles. The SMILES string of the molecule is CC(C)C(=O)Nc1nc(CC(=O)OCc2cc(C#N)ccc2F)cs1. The van der Waals surface area contributed by atoms with Crippen LogP contribution in [0.1, 0.15) is 30.7 Å². The number of esters is 1. The van der Waals surface area contributed by atoms with E-state index in [1.165, 1.54) is 23.5 Å². The molecule has 1 heterocycles. The normalized spacial score (nSPS) is 10.4. The third-order valence-electron chi connectivity index (χ3n) is 3.20. The maximum atomic E-state index is 13.6. The summed E-state index contributed by atoms with van der Waals surface area (Å²) in [5.41, 5.74) is 0.883. The molecule has 0 spiro atoms. The molecule has 0 saturated heterocycles. The Bertz CT molecular complexity index is 827. The fourth-order valence-corrected chi connectivity index (χ4v) is 2.52. The number of nitrogens with zero attached hydrogens (tertiary/aromatic N) is 2.